The highest BCUT2D eigenvalue weighted by atomic mass is 16.3. The summed E-state index contributed by atoms with van der Waals surface area (Å²) in [5, 5.41) is 9.50. The minimum atomic E-state index is -0.0797. The second kappa shape index (κ2) is 4.24. The summed E-state index contributed by atoms with van der Waals surface area (Å²) in [5.74, 6) is 0.675. The fourth-order valence-corrected chi connectivity index (χ4v) is 2.15. The van der Waals surface area contributed by atoms with E-state index >= 15 is 0 Å². The third kappa shape index (κ3) is 2.20. The predicted octanol–water partition coefficient (Wildman–Crippen LogP) is 1.49. The quantitative estimate of drug-likeness (QED) is 0.695. The Balaban J connectivity index is 2.47. The largest absolute Gasteiger partial charge is 0.392 e. The van der Waals surface area contributed by atoms with E-state index in [1.807, 2.05) is 0 Å². The van der Waals surface area contributed by atoms with Crippen LogP contribution in [-0.2, 0) is 0 Å². The molecule has 2 heteroatoms. The van der Waals surface area contributed by atoms with Gasteiger partial charge in [0.15, 0.2) is 0 Å². The maximum absolute atomic E-state index is 9.50. The first-order valence-electron chi connectivity index (χ1n) is 5.07. The van der Waals surface area contributed by atoms with Gasteiger partial charge in [-0.05, 0) is 25.3 Å². The summed E-state index contributed by atoms with van der Waals surface area (Å²) in [5.41, 5.74) is 0. The van der Waals surface area contributed by atoms with Gasteiger partial charge in [0.25, 0.3) is 0 Å². The van der Waals surface area contributed by atoms with E-state index < -0.39 is 0 Å². The highest BCUT2D eigenvalue weighted by molar-refractivity contribution is 4.86. The Labute approximate surface area is 75.6 Å². The van der Waals surface area contributed by atoms with Crippen LogP contribution in [0.3, 0.4) is 0 Å². The van der Waals surface area contributed by atoms with E-state index in [1.54, 1.807) is 0 Å². The molecule has 0 saturated carbocycles. The predicted molar refractivity (Wildman–Crippen MR) is 51.1 cm³/mol. The molecule has 1 aliphatic rings. The highest BCUT2D eigenvalue weighted by Crippen LogP contribution is 2.23. The molecule has 2 atom stereocenters. The van der Waals surface area contributed by atoms with Crippen LogP contribution in [0.2, 0.25) is 0 Å². The van der Waals surface area contributed by atoms with Gasteiger partial charge in [0, 0.05) is 12.6 Å². The van der Waals surface area contributed by atoms with Crippen LogP contribution in [-0.4, -0.2) is 35.2 Å². The molecule has 72 valence electrons. The zero-order valence-electron chi connectivity index (χ0n) is 8.45. The third-order valence-electron chi connectivity index (χ3n) is 2.71. The summed E-state index contributed by atoms with van der Waals surface area (Å²) >= 11 is 0. The van der Waals surface area contributed by atoms with Crippen molar-refractivity contribution >= 4 is 0 Å². The number of aliphatic hydroxyl groups is 1. The molecular weight excluding hydrogens is 150 g/mol. The highest BCUT2D eigenvalue weighted by Gasteiger charge is 2.31. The number of hydrogen-bond acceptors (Lipinski definition) is 2. The van der Waals surface area contributed by atoms with Gasteiger partial charge in [-0.3, -0.25) is 4.90 Å². The van der Waals surface area contributed by atoms with E-state index in [2.05, 4.69) is 25.7 Å². The molecule has 0 aliphatic carbocycles. The minimum absolute atomic E-state index is 0.0797. The van der Waals surface area contributed by atoms with Gasteiger partial charge >= 0.3 is 0 Å². The molecule has 1 N–H and O–H groups in total. The van der Waals surface area contributed by atoms with Crippen LogP contribution in [0.25, 0.3) is 0 Å². The SMILES string of the molecule is CCCN1C[C@H](O)C[C@H]1C(C)C. The van der Waals surface area contributed by atoms with E-state index in [4.69, 9.17) is 0 Å². The van der Waals surface area contributed by atoms with E-state index in [0.29, 0.717) is 12.0 Å². The Morgan fingerprint density at radius 1 is 1.50 bits per heavy atom. The molecule has 0 aromatic heterocycles. The molecule has 0 bridgehead atoms. The molecule has 1 saturated heterocycles. The van der Waals surface area contributed by atoms with Crippen LogP contribution in [0, 0.1) is 5.92 Å². The third-order valence-corrected chi connectivity index (χ3v) is 2.71. The van der Waals surface area contributed by atoms with E-state index in [9.17, 15) is 5.11 Å². The maximum atomic E-state index is 9.50. The second-order valence-electron chi connectivity index (χ2n) is 4.20. The van der Waals surface area contributed by atoms with Crippen LogP contribution in [0.15, 0.2) is 0 Å². The lowest BCUT2D eigenvalue weighted by Crippen LogP contribution is -2.34. The lowest BCUT2D eigenvalue weighted by Gasteiger charge is -2.26. The summed E-state index contributed by atoms with van der Waals surface area (Å²) in [6.07, 6.45) is 2.08. The molecule has 0 aromatic carbocycles. The van der Waals surface area contributed by atoms with Crippen molar-refractivity contribution < 1.29 is 5.11 Å². The van der Waals surface area contributed by atoms with Crippen molar-refractivity contribution in [2.75, 3.05) is 13.1 Å². The average Bonchev–Trinajstić information content (AvgIpc) is 2.32. The van der Waals surface area contributed by atoms with E-state index in [1.165, 1.54) is 6.42 Å². The molecule has 0 spiro atoms. The summed E-state index contributed by atoms with van der Waals surface area (Å²) in [6.45, 7) is 8.70. The molecule has 0 aromatic rings. The first-order chi connectivity index (χ1) is 5.65. The number of β-amino-alcohol motifs (C(OH)–C–C–N with tert-alkyl or cyclic N) is 1. The van der Waals surface area contributed by atoms with Crippen LogP contribution in [0.1, 0.15) is 33.6 Å². The van der Waals surface area contributed by atoms with E-state index in [0.717, 1.165) is 19.5 Å². The second-order valence-corrected chi connectivity index (χ2v) is 4.20. The van der Waals surface area contributed by atoms with Crippen LogP contribution in [0.4, 0.5) is 0 Å². The van der Waals surface area contributed by atoms with Gasteiger partial charge in [0.05, 0.1) is 6.10 Å². The van der Waals surface area contributed by atoms with Gasteiger partial charge < -0.3 is 5.11 Å². The van der Waals surface area contributed by atoms with Crippen molar-refractivity contribution in [2.45, 2.75) is 45.8 Å². The lowest BCUT2D eigenvalue weighted by atomic mass is 10.0. The maximum Gasteiger partial charge on any atom is 0.0682 e. The minimum Gasteiger partial charge on any atom is -0.392 e. The average molecular weight is 171 g/mol. The molecule has 1 fully saturated rings. The van der Waals surface area contributed by atoms with Crippen LogP contribution >= 0.6 is 0 Å². The van der Waals surface area contributed by atoms with Crippen molar-refractivity contribution in [3.8, 4) is 0 Å². The fourth-order valence-electron chi connectivity index (χ4n) is 2.15. The Bertz CT molecular complexity index is 136. The first kappa shape index (κ1) is 10.0. The Hall–Kier alpha value is -0.0800. The molecule has 1 aliphatic heterocycles. The number of likely N-dealkylation sites (tertiary alicyclic amines) is 1. The van der Waals surface area contributed by atoms with E-state index in [-0.39, 0.29) is 6.10 Å². The number of rotatable bonds is 3. The van der Waals surface area contributed by atoms with Crippen molar-refractivity contribution in [3.05, 3.63) is 0 Å². The standard InChI is InChI=1S/C10H21NO/c1-4-5-11-7-9(12)6-10(11)8(2)3/h8-10,12H,4-7H2,1-3H3/t9-,10+/m1/s1. The summed E-state index contributed by atoms with van der Waals surface area (Å²) in [6, 6.07) is 0.611. The summed E-state index contributed by atoms with van der Waals surface area (Å²) in [4.78, 5) is 2.43. The number of aliphatic hydroxyl groups excluding tert-OH is 1. The van der Waals surface area contributed by atoms with Crippen molar-refractivity contribution in [1.82, 2.24) is 4.90 Å². The van der Waals surface area contributed by atoms with Crippen molar-refractivity contribution in [3.63, 3.8) is 0 Å². The van der Waals surface area contributed by atoms with Crippen LogP contribution in [0.5, 0.6) is 0 Å². The molecule has 12 heavy (non-hydrogen) atoms. The summed E-state index contributed by atoms with van der Waals surface area (Å²) < 4.78 is 0. The fraction of sp³-hybridized carbons (Fsp3) is 1.00. The smallest absolute Gasteiger partial charge is 0.0682 e. The summed E-state index contributed by atoms with van der Waals surface area (Å²) in [7, 11) is 0. The molecular formula is C10H21NO. The molecule has 1 heterocycles. The Morgan fingerprint density at radius 3 is 2.67 bits per heavy atom. The van der Waals surface area contributed by atoms with Crippen LogP contribution < -0.4 is 0 Å². The number of hydrogen-bond donors (Lipinski definition) is 1. The van der Waals surface area contributed by atoms with Gasteiger partial charge in [-0.2, -0.15) is 0 Å². The Morgan fingerprint density at radius 2 is 2.17 bits per heavy atom. The first-order valence-corrected chi connectivity index (χ1v) is 5.07. The van der Waals surface area contributed by atoms with Gasteiger partial charge in [0.1, 0.15) is 0 Å². The topological polar surface area (TPSA) is 23.5 Å². The molecule has 0 amide bonds. The monoisotopic (exact) mass is 171 g/mol. The van der Waals surface area contributed by atoms with Crippen molar-refractivity contribution in [1.29, 1.82) is 0 Å². The Kier molecular flexibility index (Phi) is 3.53. The molecule has 0 unspecified atom stereocenters. The van der Waals surface area contributed by atoms with Gasteiger partial charge in [-0.25, -0.2) is 0 Å². The zero-order chi connectivity index (χ0) is 9.14. The molecule has 0 radical (unpaired) electrons. The van der Waals surface area contributed by atoms with Gasteiger partial charge in [0.2, 0.25) is 0 Å². The van der Waals surface area contributed by atoms with Crippen molar-refractivity contribution in [2.24, 2.45) is 5.92 Å². The molecule has 2 nitrogen and oxygen atoms in total. The molecule has 1 rings (SSSR count). The lowest BCUT2D eigenvalue weighted by molar-refractivity contribution is 0.172. The van der Waals surface area contributed by atoms with Gasteiger partial charge in [-0.1, -0.05) is 20.8 Å². The normalized spacial score (nSPS) is 31.8. The number of nitrogens with zero attached hydrogens (tertiary/aromatic N) is 1. The zero-order valence-corrected chi connectivity index (χ0v) is 8.45. The van der Waals surface area contributed by atoms with Gasteiger partial charge in [-0.15, -0.1) is 0 Å².